The maximum absolute atomic E-state index is 2.75. The first-order valence-electron chi connectivity index (χ1n) is 14.5. The van der Waals surface area contributed by atoms with E-state index in [-0.39, 0.29) is 5.54 Å². The Morgan fingerprint density at radius 2 is 1.63 bits per heavy atom. The Labute approximate surface area is 214 Å². The van der Waals surface area contributed by atoms with Crippen molar-refractivity contribution in [3.63, 3.8) is 0 Å². The van der Waals surface area contributed by atoms with Gasteiger partial charge in [-0.05, 0) is 130 Å². The molecule has 1 nitrogen and oxygen atoms in total. The van der Waals surface area contributed by atoms with Gasteiger partial charge in [-0.2, -0.15) is 0 Å². The summed E-state index contributed by atoms with van der Waals surface area (Å²) in [5.41, 5.74) is 4.59. The van der Waals surface area contributed by atoms with Crippen molar-refractivity contribution in [2.24, 2.45) is 28.6 Å². The van der Waals surface area contributed by atoms with Crippen molar-refractivity contribution < 1.29 is 0 Å². The zero-order valence-electron chi connectivity index (χ0n) is 23.1. The van der Waals surface area contributed by atoms with Gasteiger partial charge >= 0.3 is 0 Å². The maximum Gasteiger partial charge on any atom is 0.0135 e. The summed E-state index contributed by atoms with van der Waals surface area (Å²) in [6.07, 6.45) is 13.8. The van der Waals surface area contributed by atoms with Gasteiger partial charge in [0.2, 0.25) is 0 Å². The molecule has 1 heteroatoms. The first-order chi connectivity index (χ1) is 16.6. The number of hydrogen-bond acceptors (Lipinski definition) is 1. The quantitative estimate of drug-likeness (QED) is 0.397. The zero-order valence-corrected chi connectivity index (χ0v) is 23.1. The van der Waals surface area contributed by atoms with Crippen LogP contribution in [-0.2, 0) is 0 Å². The normalized spacial score (nSPS) is 39.2. The Bertz CT molecular complexity index is 1140. The summed E-state index contributed by atoms with van der Waals surface area (Å²) in [6, 6.07) is 17.0. The van der Waals surface area contributed by atoms with Crippen molar-refractivity contribution in [1.82, 2.24) is 4.90 Å². The fraction of sp³-hybridized carbons (Fsp3) is 0.647. The molecule has 0 bridgehead atoms. The van der Waals surface area contributed by atoms with E-state index in [0.29, 0.717) is 16.9 Å². The van der Waals surface area contributed by atoms with Gasteiger partial charge in [0, 0.05) is 11.6 Å². The van der Waals surface area contributed by atoms with Crippen molar-refractivity contribution in [1.29, 1.82) is 0 Å². The van der Waals surface area contributed by atoms with Gasteiger partial charge in [0.05, 0.1) is 0 Å². The molecule has 188 valence electrons. The topological polar surface area (TPSA) is 3.24 Å². The molecular formula is C34H47N. The lowest BCUT2D eigenvalue weighted by Crippen LogP contribution is -2.53. The molecule has 0 radical (unpaired) electrons. The molecule has 7 atom stereocenters. The molecule has 2 unspecified atom stereocenters. The Kier molecular flexibility index (Phi) is 5.57. The third-order valence-corrected chi connectivity index (χ3v) is 11.9. The van der Waals surface area contributed by atoms with Gasteiger partial charge in [-0.25, -0.2) is 0 Å². The van der Waals surface area contributed by atoms with Crippen LogP contribution in [0.3, 0.4) is 0 Å². The molecule has 0 spiro atoms. The molecule has 35 heavy (non-hydrogen) atoms. The fourth-order valence-corrected chi connectivity index (χ4v) is 9.49. The van der Waals surface area contributed by atoms with Crippen LogP contribution in [0.4, 0.5) is 0 Å². The third kappa shape index (κ3) is 3.66. The standard InChI is InChI=1S/C34H47N/c1-32(2,3)35(6)27-17-19-33(4)26(22-27)13-14-28-30-16-15-29(34(30,5)20-18-31(28)33)25-12-11-23-9-7-8-10-24(23)21-25/h7-13,21,27-31H,14-20,22H2,1-6H3/t27-,28-,29?,30-,31?,33-,34+/m0/s1. The van der Waals surface area contributed by atoms with E-state index < -0.39 is 0 Å². The van der Waals surface area contributed by atoms with Gasteiger partial charge in [-0.3, -0.25) is 4.90 Å². The van der Waals surface area contributed by atoms with Crippen LogP contribution in [0.5, 0.6) is 0 Å². The van der Waals surface area contributed by atoms with Gasteiger partial charge < -0.3 is 0 Å². The van der Waals surface area contributed by atoms with E-state index in [4.69, 9.17) is 0 Å². The number of nitrogens with zero attached hydrogens (tertiary/aromatic N) is 1. The van der Waals surface area contributed by atoms with Crippen molar-refractivity contribution in [2.75, 3.05) is 7.05 Å². The van der Waals surface area contributed by atoms with E-state index in [1.165, 1.54) is 62.1 Å². The second-order valence-corrected chi connectivity index (χ2v) is 14.2. The molecule has 4 aliphatic carbocycles. The predicted molar refractivity (Wildman–Crippen MR) is 150 cm³/mol. The molecule has 0 N–H and O–H groups in total. The zero-order chi connectivity index (χ0) is 24.6. The molecule has 4 aliphatic rings. The SMILES string of the molecule is CN([C@H]1CC[C@@]2(C)C(=CC[C@@H]3C2CC[C@]2(C)C(c4ccc5ccccc5c4)CC[C@@H]32)C1)C(C)(C)C. The third-order valence-electron chi connectivity index (χ3n) is 11.9. The monoisotopic (exact) mass is 469 g/mol. The van der Waals surface area contributed by atoms with E-state index in [9.17, 15) is 0 Å². The largest absolute Gasteiger partial charge is 0.298 e. The highest BCUT2D eigenvalue weighted by Crippen LogP contribution is 2.68. The lowest BCUT2D eigenvalue weighted by atomic mass is 9.47. The molecule has 3 fully saturated rings. The molecular weight excluding hydrogens is 422 g/mol. The van der Waals surface area contributed by atoms with Crippen molar-refractivity contribution in [3.05, 3.63) is 59.7 Å². The molecule has 0 aliphatic heterocycles. The second-order valence-electron chi connectivity index (χ2n) is 14.2. The Balaban J connectivity index is 1.26. The van der Waals surface area contributed by atoms with Crippen LogP contribution in [0.2, 0.25) is 0 Å². The fourth-order valence-electron chi connectivity index (χ4n) is 9.49. The molecule has 0 amide bonds. The number of hydrogen-bond donors (Lipinski definition) is 0. The summed E-state index contributed by atoms with van der Waals surface area (Å²) in [5.74, 6) is 3.41. The lowest BCUT2D eigenvalue weighted by Gasteiger charge is -2.59. The van der Waals surface area contributed by atoms with Crippen LogP contribution in [0.1, 0.15) is 97.5 Å². The molecule has 0 aromatic heterocycles. The van der Waals surface area contributed by atoms with E-state index >= 15 is 0 Å². The Morgan fingerprint density at radius 1 is 0.857 bits per heavy atom. The average Bonchev–Trinajstić information content (AvgIpc) is 3.19. The van der Waals surface area contributed by atoms with Gasteiger partial charge in [0.1, 0.15) is 0 Å². The molecule has 0 saturated heterocycles. The summed E-state index contributed by atoms with van der Waals surface area (Å²) in [6.45, 7) is 12.5. The van der Waals surface area contributed by atoms with Crippen molar-refractivity contribution >= 4 is 10.8 Å². The highest BCUT2D eigenvalue weighted by atomic mass is 15.2. The molecule has 6 rings (SSSR count). The van der Waals surface area contributed by atoms with Crippen LogP contribution < -0.4 is 0 Å². The molecule has 0 heterocycles. The van der Waals surface area contributed by atoms with Crippen molar-refractivity contribution in [2.45, 2.75) is 103 Å². The summed E-state index contributed by atoms with van der Waals surface area (Å²) < 4.78 is 0. The summed E-state index contributed by atoms with van der Waals surface area (Å²) in [5, 5.41) is 2.80. The van der Waals surface area contributed by atoms with Crippen LogP contribution >= 0.6 is 0 Å². The Hall–Kier alpha value is -1.60. The van der Waals surface area contributed by atoms with Gasteiger partial charge in [0.25, 0.3) is 0 Å². The smallest absolute Gasteiger partial charge is 0.0135 e. The molecule has 2 aromatic carbocycles. The highest BCUT2D eigenvalue weighted by molar-refractivity contribution is 5.83. The Morgan fingerprint density at radius 3 is 2.40 bits per heavy atom. The lowest BCUT2D eigenvalue weighted by molar-refractivity contribution is -0.0399. The average molecular weight is 470 g/mol. The molecule has 2 aromatic rings. The minimum absolute atomic E-state index is 0.254. The number of allylic oxidation sites excluding steroid dienone is 1. The highest BCUT2D eigenvalue weighted by Gasteiger charge is 2.59. The van der Waals surface area contributed by atoms with Crippen LogP contribution in [0.25, 0.3) is 10.8 Å². The second kappa shape index (κ2) is 8.20. The van der Waals surface area contributed by atoms with Crippen LogP contribution in [0, 0.1) is 28.6 Å². The summed E-state index contributed by atoms with van der Waals surface area (Å²) in [4.78, 5) is 2.66. The van der Waals surface area contributed by atoms with Crippen molar-refractivity contribution in [3.8, 4) is 0 Å². The van der Waals surface area contributed by atoms with Gasteiger partial charge in [0.15, 0.2) is 0 Å². The maximum atomic E-state index is 2.75. The van der Waals surface area contributed by atoms with Gasteiger partial charge in [-0.1, -0.05) is 68.0 Å². The minimum Gasteiger partial charge on any atom is -0.298 e. The van der Waals surface area contributed by atoms with Gasteiger partial charge in [-0.15, -0.1) is 0 Å². The number of fused-ring (bicyclic) bond motifs is 6. The molecule has 3 saturated carbocycles. The van der Waals surface area contributed by atoms with E-state index in [1.54, 1.807) is 5.56 Å². The van der Waals surface area contributed by atoms with E-state index in [2.05, 4.69) is 95.1 Å². The predicted octanol–water partition coefficient (Wildman–Crippen LogP) is 8.99. The first kappa shape index (κ1) is 23.8. The van der Waals surface area contributed by atoms with E-state index in [1.807, 2.05) is 5.57 Å². The first-order valence-corrected chi connectivity index (χ1v) is 14.5. The minimum atomic E-state index is 0.254. The summed E-state index contributed by atoms with van der Waals surface area (Å²) >= 11 is 0. The number of rotatable bonds is 2. The van der Waals surface area contributed by atoms with Crippen LogP contribution in [-0.4, -0.2) is 23.5 Å². The summed E-state index contributed by atoms with van der Waals surface area (Å²) in [7, 11) is 2.36. The number of benzene rings is 2. The van der Waals surface area contributed by atoms with Crippen LogP contribution in [0.15, 0.2) is 54.1 Å². The van der Waals surface area contributed by atoms with E-state index in [0.717, 1.165) is 23.7 Å².